The monoisotopic (exact) mass is 262 g/mol. The van der Waals surface area contributed by atoms with Gasteiger partial charge in [-0.05, 0) is 17.7 Å². The van der Waals surface area contributed by atoms with Crippen LogP contribution in [0.5, 0.6) is 0 Å². The van der Waals surface area contributed by atoms with E-state index < -0.39 is 15.9 Å². The first-order valence-electron chi connectivity index (χ1n) is 3.26. The normalized spacial score (nSPS) is 10.8. The summed E-state index contributed by atoms with van der Waals surface area (Å²) in [6, 6.07) is 4.26. The molecule has 0 aliphatic carbocycles. The quantitative estimate of drug-likeness (QED) is 0.510. The van der Waals surface area contributed by atoms with E-state index in [2.05, 4.69) is 0 Å². The largest absolute Gasteiger partial charge is 1.00 e. The van der Waals surface area contributed by atoms with Gasteiger partial charge in [0, 0.05) is 0 Å². The fraction of sp³-hybridized carbons (Fsp3) is 0.143. The molecule has 0 saturated heterocycles. The van der Waals surface area contributed by atoms with Crippen LogP contribution >= 0.6 is 23.2 Å². The van der Waals surface area contributed by atoms with E-state index in [0.717, 1.165) is 0 Å². The van der Waals surface area contributed by atoms with Crippen molar-refractivity contribution in [1.29, 1.82) is 0 Å². The van der Waals surface area contributed by atoms with Crippen LogP contribution in [0.3, 0.4) is 0 Å². The van der Waals surface area contributed by atoms with E-state index in [1.54, 1.807) is 0 Å². The number of halogens is 2. The van der Waals surface area contributed by atoms with Crippen molar-refractivity contribution >= 4 is 33.3 Å². The van der Waals surface area contributed by atoms with E-state index in [-0.39, 0.29) is 34.6 Å². The summed E-state index contributed by atoms with van der Waals surface area (Å²) in [6.45, 7) is 0. The third-order valence-corrected chi connectivity index (χ3v) is 2.75. The molecule has 0 atom stereocenters. The van der Waals surface area contributed by atoms with Gasteiger partial charge in [0.25, 0.3) is 0 Å². The minimum absolute atomic E-state index is 0. The Labute approximate surface area is 114 Å². The predicted octanol–water partition coefficient (Wildman–Crippen LogP) is -0.957. The van der Waals surface area contributed by atoms with E-state index >= 15 is 0 Å². The second kappa shape index (κ2) is 5.70. The van der Waals surface area contributed by atoms with Crippen LogP contribution in [-0.2, 0) is 15.9 Å². The van der Waals surface area contributed by atoms with Gasteiger partial charge in [-0.1, -0.05) is 29.3 Å². The zero-order valence-electron chi connectivity index (χ0n) is 7.33. The van der Waals surface area contributed by atoms with E-state index in [0.29, 0.717) is 10.6 Å². The van der Waals surface area contributed by atoms with Crippen molar-refractivity contribution in [2.45, 2.75) is 5.75 Å². The SMILES string of the molecule is O=S(=O)([O-])Cc1ccc(Cl)c(Cl)c1.[Na+]. The third-order valence-electron chi connectivity index (χ3n) is 1.33. The second-order valence-electron chi connectivity index (χ2n) is 2.45. The van der Waals surface area contributed by atoms with Crippen LogP contribution < -0.4 is 29.6 Å². The molecule has 0 N–H and O–H groups in total. The zero-order chi connectivity index (χ0) is 10.1. The molecular weight excluding hydrogens is 258 g/mol. The van der Waals surface area contributed by atoms with E-state index in [4.69, 9.17) is 23.2 Å². The summed E-state index contributed by atoms with van der Waals surface area (Å²) >= 11 is 11.2. The summed E-state index contributed by atoms with van der Waals surface area (Å²) in [7, 11) is -4.26. The molecule has 0 saturated carbocycles. The van der Waals surface area contributed by atoms with Gasteiger partial charge in [-0.3, -0.25) is 0 Å². The van der Waals surface area contributed by atoms with Crippen molar-refractivity contribution in [3.63, 3.8) is 0 Å². The van der Waals surface area contributed by atoms with Crippen molar-refractivity contribution in [2.24, 2.45) is 0 Å². The first kappa shape index (κ1) is 14.7. The van der Waals surface area contributed by atoms with Gasteiger partial charge in [0.05, 0.1) is 25.9 Å². The molecule has 0 fully saturated rings. The maximum Gasteiger partial charge on any atom is 1.00 e. The Balaban J connectivity index is 0.00000169. The van der Waals surface area contributed by atoms with E-state index in [1.165, 1.54) is 18.2 Å². The fourth-order valence-electron chi connectivity index (χ4n) is 0.834. The van der Waals surface area contributed by atoms with E-state index in [9.17, 15) is 13.0 Å². The van der Waals surface area contributed by atoms with Crippen LogP contribution in [0.15, 0.2) is 18.2 Å². The minimum atomic E-state index is -4.26. The second-order valence-corrected chi connectivity index (χ2v) is 4.67. The average molecular weight is 263 g/mol. The zero-order valence-corrected chi connectivity index (χ0v) is 11.7. The first-order valence-corrected chi connectivity index (χ1v) is 5.59. The molecule has 0 radical (unpaired) electrons. The van der Waals surface area contributed by atoms with Crippen LogP contribution in [0.2, 0.25) is 10.0 Å². The molecule has 1 aromatic rings. The van der Waals surface area contributed by atoms with Crippen molar-refractivity contribution in [2.75, 3.05) is 0 Å². The Morgan fingerprint density at radius 1 is 1.21 bits per heavy atom. The first-order chi connectivity index (χ1) is 5.88. The van der Waals surface area contributed by atoms with Gasteiger partial charge in [0.15, 0.2) is 0 Å². The molecule has 1 aromatic carbocycles. The minimum Gasteiger partial charge on any atom is -0.748 e. The molecule has 7 heteroatoms. The Bertz CT molecular complexity index is 419. The van der Waals surface area contributed by atoms with Gasteiger partial charge in [0.2, 0.25) is 0 Å². The molecule has 14 heavy (non-hydrogen) atoms. The third kappa shape index (κ3) is 4.98. The smallest absolute Gasteiger partial charge is 0.748 e. The van der Waals surface area contributed by atoms with Gasteiger partial charge in [-0.25, -0.2) is 8.42 Å². The number of hydrogen-bond acceptors (Lipinski definition) is 3. The molecule has 3 nitrogen and oxygen atoms in total. The van der Waals surface area contributed by atoms with Crippen LogP contribution in [0.1, 0.15) is 5.56 Å². The van der Waals surface area contributed by atoms with Crippen LogP contribution in [-0.4, -0.2) is 13.0 Å². The maximum absolute atomic E-state index is 10.4. The van der Waals surface area contributed by atoms with Gasteiger partial charge < -0.3 is 4.55 Å². The van der Waals surface area contributed by atoms with Crippen molar-refractivity contribution in [3.05, 3.63) is 33.8 Å². The molecule has 0 amide bonds. The molecule has 0 heterocycles. The molecule has 0 spiro atoms. The number of hydrogen-bond donors (Lipinski definition) is 0. The molecule has 0 unspecified atom stereocenters. The summed E-state index contributed by atoms with van der Waals surface area (Å²) in [6.07, 6.45) is 0. The van der Waals surface area contributed by atoms with Crippen LogP contribution in [0.4, 0.5) is 0 Å². The molecule has 0 aromatic heterocycles. The summed E-state index contributed by atoms with van der Waals surface area (Å²) in [4.78, 5) is 0. The molecule has 72 valence electrons. The van der Waals surface area contributed by atoms with Gasteiger partial charge >= 0.3 is 29.6 Å². The van der Waals surface area contributed by atoms with Crippen LogP contribution in [0, 0.1) is 0 Å². The van der Waals surface area contributed by atoms with Gasteiger partial charge in [-0.2, -0.15) is 0 Å². The Morgan fingerprint density at radius 2 is 1.79 bits per heavy atom. The summed E-state index contributed by atoms with van der Waals surface area (Å²) in [5.41, 5.74) is 0.337. The van der Waals surface area contributed by atoms with E-state index in [1.807, 2.05) is 0 Å². The molecule has 0 aliphatic heterocycles. The molecule has 0 bridgehead atoms. The van der Waals surface area contributed by atoms with Crippen molar-refractivity contribution in [3.8, 4) is 0 Å². The topological polar surface area (TPSA) is 57.2 Å². The molecule has 0 aliphatic rings. The standard InChI is InChI=1S/C7H6Cl2O3S.Na/c8-6-2-1-5(3-7(6)9)4-13(10,11)12;/h1-3H,4H2,(H,10,11,12);/q;+1/p-1. The van der Waals surface area contributed by atoms with Gasteiger partial charge in [-0.15, -0.1) is 0 Å². The maximum atomic E-state index is 10.4. The van der Waals surface area contributed by atoms with Gasteiger partial charge in [0.1, 0.15) is 0 Å². The van der Waals surface area contributed by atoms with Crippen molar-refractivity contribution in [1.82, 2.24) is 0 Å². The summed E-state index contributed by atoms with van der Waals surface area (Å²) < 4.78 is 31.1. The summed E-state index contributed by atoms with van der Waals surface area (Å²) in [5, 5.41) is 0.566. The fourth-order valence-corrected chi connectivity index (χ4v) is 1.74. The molecular formula is C7H5Cl2NaO3S. The summed E-state index contributed by atoms with van der Waals surface area (Å²) in [5.74, 6) is -0.566. The number of benzene rings is 1. The Kier molecular flexibility index (Phi) is 5.99. The van der Waals surface area contributed by atoms with Crippen molar-refractivity contribution < 1.29 is 42.5 Å². The Morgan fingerprint density at radius 3 is 2.21 bits per heavy atom. The predicted molar refractivity (Wildman–Crippen MR) is 49.9 cm³/mol. The average Bonchev–Trinajstić information content (AvgIpc) is 1.94. The number of rotatable bonds is 2. The molecule has 1 rings (SSSR count). The Hall–Kier alpha value is 0.710. The van der Waals surface area contributed by atoms with Crippen LogP contribution in [0.25, 0.3) is 0 Å².